The number of nitrogens with zero attached hydrogens (tertiary/aromatic N) is 5. The van der Waals surface area contributed by atoms with Crippen LogP contribution in [-0.2, 0) is 11.3 Å². The second-order valence-corrected chi connectivity index (χ2v) is 7.20. The molecule has 8 heteroatoms. The largest absolute Gasteiger partial charge is 0.494 e. The monoisotopic (exact) mass is 397 g/mol. The Morgan fingerprint density at radius 1 is 1.31 bits per heavy atom. The highest BCUT2D eigenvalue weighted by Gasteiger charge is 2.24. The second kappa shape index (κ2) is 7.35. The third-order valence-corrected chi connectivity index (χ3v) is 4.75. The van der Waals surface area contributed by atoms with Gasteiger partial charge in [0, 0.05) is 18.3 Å². The number of ether oxygens (including phenoxy) is 2. The van der Waals surface area contributed by atoms with Crippen molar-refractivity contribution < 1.29 is 13.9 Å². The molecule has 0 atom stereocenters. The standard InChI is InChI=1S/C21H24FN5O2/c1-6-28-13(4)15-9-16-19(10-17(15)22)29-8-7-26-11-18(24-20(16)26)21-23-14(5)25-27(21)12(2)3/h9-12H,4,6-8H2,1-3,5H3. The molecule has 3 heterocycles. The van der Waals surface area contributed by atoms with Crippen LogP contribution in [0.5, 0.6) is 5.75 Å². The fraction of sp³-hybridized carbons (Fsp3) is 0.381. The molecule has 1 aliphatic rings. The number of hydrogen-bond donors (Lipinski definition) is 0. The van der Waals surface area contributed by atoms with Crippen LogP contribution in [0.1, 0.15) is 38.2 Å². The van der Waals surface area contributed by atoms with Gasteiger partial charge in [-0.3, -0.25) is 0 Å². The van der Waals surface area contributed by atoms with E-state index in [0.717, 1.165) is 5.69 Å². The predicted molar refractivity (Wildman–Crippen MR) is 108 cm³/mol. The van der Waals surface area contributed by atoms with Crippen molar-refractivity contribution in [3.63, 3.8) is 0 Å². The van der Waals surface area contributed by atoms with Gasteiger partial charge < -0.3 is 14.0 Å². The molecule has 7 nitrogen and oxygen atoms in total. The molecule has 0 saturated heterocycles. The molecule has 152 valence electrons. The van der Waals surface area contributed by atoms with E-state index < -0.39 is 5.82 Å². The van der Waals surface area contributed by atoms with Crippen LogP contribution >= 0.6 is 0 Å². The highest BCUT2D eigenvalue weighted by molar-refractivity contribution is 5.73. The molecule has 29 heavy (non-hydrogen) atoms. The van der Waals surface area contributed by atoms with Crippen molar-refractivity contribution in [2.75, 3.05) is 13.2 Å². The molecule has 0 N–H and O–H groups in total. The second-order valence-electron chi connectivity index (χ2n) is 7.20. The summed E-state index contributed by atoms with van der Waals surface area (Å²) in [6.07, 6.45) is 1.94. The van der Waals surface area contributed by atoms with Crippen LogP contribution in [0.15, 0.2) is 24.9 Å². The van der Waals surface area contributed by atoms with Crippen molar-refractivity contribution in [2.24, 2.45) is 0 Å². The Hall–Kier alpha value is -3.16. The number of fused-ring (bicyclic) bond motifs is 3. The minimum atomic E-state index is -0.433. The Kier molecular flexibility index (Phi) is 4.86. The number of hydrogen-bond acceptors (Lipinski definition) is 5. The molecule has 0 unspecified atom stereocenters. The molecule has 0 aliphatic carbocycles. The van der Waals surface area contributed by atoms with Crippen molar-refractivity contribution in [3.8, 4) is 28.7 Å². The molecule has 0 fully saturated rings. The topological polar surface area (TPSA) is 67.0 Å². The fourth-order valence-electron chi connectivity index (χ4n) is 3.44. The van der Waals surface area contributed by atoms with Crippen LogP contribution in [0.3, 0.4) is 0 Å². The van der Waals surface area contributed by atoms with Crippen LogP contribution < -0.4 is 4.74 Å². The summed E-state index contributed by atoms with van der Waals surface area (Å²) in [6.45, 7) is 13.1. The third kappa shape index (κ3) is 3.39. The number of aryl methyl sites for hydroxylation is 1. The Morgan fingerprint density at radius 3 is 2.83 bits per heavy atom. The summed E-state index contributed by atoms with van der Waals surface area (Å²) in [4.78, 5) is 9.38. The molecule has 0 radical (unpaired) electrons. The van der Waals surface area contributed by atoms with Crippen molar-refractivity contribution in [1.82, 2.24) is 24.3 Å². The highest BCUT2D eigenvalue weighted by atomic mass is 19.1. The number of aromatic nitrogens is 5. The first-order valence-corrected chi connectivity index (χ1v) is 9.68. The minimum absolute atomic E-state index is 0.151. The quantitative estimate of drug-likeness (QED) is 0.603. The molecule has 2 aromatic heterocycles. The van der Waals surface area contributed by atoms with E-state index in [1.807, 2.05) is 29.3 Å². The van der Waals surface area contributed by atoms with E-state index in [0.29, 0.717) is 54.1 Å². The van der Waals surface area contributed by atoms with Gasteiger partial charge >= 0.3 is 0 Å². The Morgan fingerprint density at radius 2 is 2.10 bits per heavy atom. The zero-order valence-corrected chi connectivity index (χ0v) is 17.1. The van der Waals surface area contributed by atoms with Gasteiger partial charge in [0.05, 0.1) is 24.3 Å². The molecule has 0 spiro atoms. The maximum Gasteiger partial charge on any atom is 0.178 e. The van der Waals surface area contributed by atoms with Crippen molar-refractivity contribution in [3.05, 3.63) is 42.1 Å². The van der Waals surface area contributed by atoms with E-state index >= 15 is 0 Å². The lowest BCUT2D eigenvalue weighted by atomic mass is 10.1. The first-order valence-electron chi connectivity index (χ1n) is 9.68. The summed E-state index contributed by atoms with van der Waals surface area (Å²) in [5, 5.41) is 4.48. The van der Waals surface area contributed by atoms with E-state index in [1.54, 1.807) is 6.07 Å². The van der Waals surface area contributed by atoms with Gasteiger partial charge in [0.15, 0.2) is 5.82 Å². The van der Waals surface area contributed by atoms with E-state index in [2.05, 4.69) is 30.5 Å². The fourth-order valence-corrected chi connectivity index (χ4v) is 3.44. The van der Waals surface area contributed by atoms with Gasteiger partial charge in [-0.25, -0.2) is 19.0 Å². The highest BCUT2D eigenvalue weighted by Crippen LogP contribution is 2.37. The van der Waals surface area contributed by atoms with Crippen LogP contribution in [0.2, 0.25) is 0 Å². The average molecular weight is 397 g/mol. The van der Waals surface area contributed by atoms with Crippen LogP contribution in [0, 0.1) is 12.7 Å². The first-order chi connectivity index (χ1) is 13.9. The third-order valence-electron chi connectivity index (χ3n) is 4.75. The summed E-state index contributed by atoms with van der Waals surface area (Å²) in [7, 11) is 0. The lowest BCUT2D eigenvalue weighted by Gasteiger charge is -2.12. The molecular weight excluding hydrogens is 373 g/mol. The number of halogens is 1. The lowest BCUT2D eigenvalue weighted by molar-refractivity contribution is 0.296. The van der Waals surface area contributed by atoms with E-state index in [4.69, 9.17) is 14.5 Å². The summed E-state index contributed by atoms with van der Waals surface area (Å²) in [6, 6.07) is 3.22. The average Bonchev–Trinajstić information content (AvgIpc) is 3.22. The van der Waals surface area contributed by atoms with Gasteiger partial charge in [-0.2, -0.15) is 5.10 Å². The van der Waals surface area contributed by atoms with E-state index in [-0.39, 0.29) is 11.8 Å². The van der Waals surface area contributed by atoms with Gasteiger partial charge in [0.2, 0.25) is 0 Å². The SMILES string of the molecule is C=C(OCC)c1cc2c(cc1F)OCCn1cc(-c3nc(C)nn3C(C)C)nc1-2. The molecular formula is C21H24FN5O2. The van der Waals surface area contributed by atoms with Crippen LogP contribution in [0.4, 0.5) is 4.39 Å². The number of imidazole rings is 1. The van der Waals surface area contributed by atoms with Gasteiger partial charge in [-0.1, -0.05) is 6.58 Å². The summed E-state index contributed by atoms with van der Waals surface area (Å²) in [5.74, 6) is 2.39. The number of rotatable bonds is 5. The Bertz CT molecular complexity index is 1080. The maximum absolute atomic E-state index is 14.6. The van der Waals surface area contributed by atoms with Crippen LogP contribution in [-0.4, -0.2) is 37.5 Å². The van der Waals surface area contributed by atoms with E-state index in [9.17, 15) is 4.39 Å². The molecule has 0 bridgehead atoms. The Balaban J connectivity index is 1.85. The molecule has 0 saturated carbocycles. The van der Waals surface area contributed by atoms with Gasteiger partial charge in [0.1, 0.15) is 41.3 Å². The van der Waals surface area contributed by atoms with E-state index in [1.165, 1.54) is 6.07 Å². The van der Waals surface area contributed by atoms with Crippen molar-refractivity contribution in [1.29, 1.82) is 0 Å². The number of benzene rings is 1. The normalized spacial score (nSPS) is 12.9. The lowest BCUT2D eigenvalue weighted by Crippen LogP contribution is -2.06. The van der Waals surface area contributed by atoms with Gasteiger partial charge in [0.25, 0.3) is 0 Å². The molecule has 0 amide bonds. The molecule has 1 aromatic carbocycles. The zero-order chi connectivity index (χ0) is 20.7. The van der Waals surface area contributed by atoms with Crippen LogP contribution in [0.25, 0.3) is 28.7 Å². The zero-order valence-electron chi connectivity index (χ0n) is 17.1. The minimum Gasteiger partial charge on any atom is -0.494 e. The maximum atomic E-state index is 14.6. The van der Waals surface area contributed by atoms with Crippen molar-refractivity contribution in [2.45, 2.75) is 40.3 Å². The van der Waals surface area contributed by atoms with Crippen molar-refractivity contribution >= 4 is 5.76 Å². The predicted octanol–water partition coefficient (Wildman–Crippen LogP) is 4.24. The molecule has 3 aromatic rings. The first kappa shape index (κ1) is 19.2. The summed E-state index contributed by atoms with van der Waals surface area (Å²) < 4.78 is 29.7. The Labute approximate surface area is 168 Å². The molecule has 1 aliphatic heterocycles. The summed E-state index contributed by atoms with van der Waals surface area (Å²) >= 11 is 0. The smallest absolute Gasteiger partial charge is 0.178 e. The van der Waals surface area contributed by atoms with Gasteiger partial charge in [-0.05, 0) is 33.8 Å². The summed E-state index contributed by atoms with van der Waals surface area (Å²) in [5.41, 5.74) is 1.71. The van der Waals surface area contributed by atoms with Gasteiger partial charge in [-0.15, -0.1) is 0 Å². The molecule has 4 rings (SSSR count).